The number of ether oxygens (including phenoxy) is 3. The fourth-order valence-electron chi connectivity index (χ4n) is 3.27. The summed E-state index contributed by atoms with van der Waals surface area (Å²) in [4.78, 5) is 2.21. The Labute approximate surface area is 171 Å². The summed E-state index contributed by atoms with van der Waals surface area (Å²) in [5, 5.41) is 10.1. The van der Waals surface area contributed by atoms with Gasteiger partial charge in [-0.15, -0.1) is 0 Å². The quantitative estimate of drug-likeness (QED) is 0.686. The molecule has 2 rings (SSSR count). The van der Waals surface area contributed by atoms with Gasteiger partial charge >= 0.3 is 0 Å². The number of nitrogens with zero attached hydrogens (tertiary/aromatic N) is 1. The molecule has 0 unspecified atom stereocenters. The maximum absolute atomic E-state index is 10.1. The second kappa shape index (κ2) is 10.1. The van der Waals surface area contributed by atoms with Crippen molar-refractivity contribution in [1.29, 1.82) is 0 Å². The first-order valence-electron chi connectivity index (χ1n) is 10.4. The van der Waals surface area contributed by atoms with E-state index < -0.39 is 6.10 Å². The molecule has 28 heavy (non-hydrogen) atoms. The van der Waals surface area contributed by atoms with Gasteiger partial charge in [-0.2, -0.15) is 0 Å². The summed E-state index contributed by atoms with van der Waals surface area (Å²) in [6, 6.07) is 6.49. The van der Waals surface area contributed by atoms with E-state index in [2.05, 4.69) is 64.6 Å². The SMILES string of the molecule is CC(C)(C)c1ccc(OCCOC[C@@H](O)CN2CCOCC2)c(C(C)(C)C)c1. The minimum atomic E-state index is -0.477. The van der Waals surface area contributed by atoms with Gasteiger partial charge in [-0.25, -0.2) is 0 Å². The van der Waals surface area contributed by atoms with E-state index in [1.807, 2.05) is 0 Å². The highest BCUT2D eigenvalue weighted by atomic mass is 16.5. The molecule has 0 aromatic heterocycles. The molecule has 1 aromatic rings. The molecule has 1 atom stereocenters. The molecule has 1 saturated heterocycles. The van der Waals surface area contributed by atoms with Crippen LogP contribution in [-0.2, 0) is 20.3 Å². The van der Waals surface area contributed by atoms with Gasteiger partial charge in [0.1, 0.15) is 12.4 Å². The minimum absolute atomic E-state index is 0.00576. The van der Waals surface area contributed by atoms with Crippen LogP contribution in [0.3, 0.4) is 0 Å². The molecule has 160 valence electrons. The summed E-state index contributed by atoms with van der Waals surface area (Å²) in [6.45, 7) is 18.4. The molecule has 1 fully saturated rings. The van der Waals surface area contributed by atoms with E-state index in [4.69, 9.17) is 14.2 Å². The fraction of sp³-hybridized carbons (Fsp3) is 0.739. The third-order valence-corrected chi connectivity index (χ3v) is 5.02. The van der Waals surface area contributed by atoms with Crippen molar-refractivity contribution in [2.75, 3.05) is 52.7 Å². The second-order valence-electron chi connectivity index (χ2n) is 9.70. The lowest BCUT2D eigenvalue weighted by Crippen LogP contribution is -2.42. The van der Waals surface area contributed by atoms with E-state index in [9.17, 15) is 5.11 Å². The van der Waals surface area contributed by atoms with Crippen molar-refractivity contribution in [3.05, 3.63) is 29.3 Å². The van der Waals surface area contributed by atoms with E-state index in [0.29, 0.717) is 26.4 Å². The van der Waals surface area contributed by atoms with Gasteiger partial charge in [-0.1, -0.05) is 53.7 Å². The van der Waals surface area contributed by atoms with Crippen molar-refractivity contribution in [2.45, 2.75) is 58.5 Å². The van der Waals surface area contributed by atoms with Crippen LogP contribution in [0.5, 0.6) is 5.75 Å². The molecule has 1 N–H and O–H groups in total. The maximum atomic E-state index is 10.1. The molecule has 1 aromatic carbocycles. The summed E-state index contributed by atoms with van der Waals surface area (Å²) in [6.07, 6.45) is -0.477. The Morgan fingerprint density at radius 1 is 1.04 bits per heavy atom. The summed E-state index contributed by atoms with van der Waals surface area (Å²) >= 11 is 0. The maximum Gasteiger partial charge on any atom is 0.123 e. The summed E-state index contributed by atoms with van der Waals surface area (Å²) in [7, 11) is 0. The van der Waals surface area contributed by atoms with Crippen molar-refractivity contribution in [3.63, 3.8) is 0 Å². The smallest absolute Gasteiger partial charge is 0.123 e. The third-order valence-electron chi connectivity index (χ3n) is 5.02. The van der Waals surface area contributed by atoms with E-state index >= 15 is 0 Å². The van der Waals surface area contributed by atoms with E-state index in [1.165, 1.54) is 11.1 Å². The lowest BCUT2D eigenvalue weighted by atomic mass is 9.80. The van der Waals surface area contributed by atoms with Crippen LogP contribution in [0.25, 0.3) is 0 Å². The topological polar surface area (TPSA) is 51.2 Å². The molecule has 1 heterocycles. The number of benzene rings is 1. The number of hydrogen-bond donors (Lipinski definition) is 1. The molecule has 0 bridgehead atoms. The Kier molecular flexibility index (Phi) is 8.31. The first-order valence-corrected chi connectivity index (χ1v) is 10.4. The molecule has 5 nitrogen and oxygen atoms in total. The molecule has 0 saturated carbocycles. The molecule has 0 spiro atoms. The highest BCUT2D eigenvalue weighted by Gasteiger charge is 2.23. The number of morpholine rings is 1. The van der Waals surface area contributed by atoms with Crippen molar-refractivity contribution in [2.24, 2.45) is 0 Å². The number of β-amino-alcohol motifs (C(OH)–C–C–N with tert-alkyl or cyclic N) is 1. The molecule has 1 aliphatic heterocycles. The van der Waals surface area contributed by atoms with Gasteiger partial charge in [0, 0.05) is 19.6 Å². The van der Waals surface area contributed by atoms with Crippen LogP contribution < -0.4 is 4.74 Å². The van der Waals surface area contributed by atoms with Crippen LogP contribution in [0.15, 0.2) is 18.2 Å². The number of rotatable bonds is 8. The zero-order valence-electron chi connectivity index (χ0n) is 18.6. The zero-order chi connectivity index (χ0) is 20.8. The number of aliphatic hydroxyl groups is 1. The third kappa shape index (κ3) is 7.36. The molecule has 0 aliphatic carbocycles. The first-order chi connectivity index (χ1) is 13.1. The van der Waals surface area contributed by atoms with E-state index in [0.717, 1.165) is 32.1 Å². The monoisotopic (exact) mass is 393 g/mol. The fourth-order valence-corrected chi connectivity index (χ4v) is 3.27. The molecule has 5 heteroatoms. The first kappa shape index (κ1) is 23.1. The Morgan fingerprint density at radius 3 is 2.32 bits per heavy atom. The largest absolute Gasteiger partial charge is 0.491 e. The van der Waals surface area contributed by atoms with Crippen molar-refractivity contribution in [1.82, 2.24) is 4.90 Å². The Morgan fingerprint density at radius 2 is 1.71 bits per heavy atom. The zero-order valence-corrected chi connectivity index (χ0v) is 18.6. The van der Waals surface area contributed by atoms with E-state index in [1.54, 1.807) is 0 Å². The Bertz CT molecular complexity index is 598. The van der Waals surface area contributed by atoms with Crippen molar-refractivity contribution < 1.29 is 19.3 Å². The van der Waals surface area contributed by atoms with Gasteiger partial charge in [-0.05, 0) is 28.0 Å². The average Bonchev–Trinajstić information content (AvgIpc) is 2.60. The number of aliphatic hydroxyl groups excluding tert-OH is 1. The van der Waals surface area contributed by atoms with Crippen LogP contribution in [-0.4, -0.2) is 68.8 Å². The van der Waals surface area contributed by atoms with Crippen LogP contribution in [0.1, 0.15) is 52.7 Å². The highest BCUT2D eigenvalue weighted by Crippen LogP contribution is 2.35. The van der Waals surface area contributed by atoms with Crippen LogP contribution >= 0.6 is 0 Å². The van der Waals surface area contributed by atoms with Gasteiger partial charge in [0.2, 0.25) is 0 Å². The predicted octanol–water partition coefficient (Wildman–Crippen LogP) is 3.37. The predicted molar refractivity (Wildman–Crippen MR) is 113 cm³/mol. The Hall–Kier alpha value is -1.14. The molecule has 1 aliphatic rings. The van der Waals surface area contributed by atoms with Gasteiger partial charge in [-0.3, -0.25) is 4.90 Å². The average molecular weight is 394 g/mol. The van der Waals surface area contributed by atoms with Crippen LogP contribution in [0.4, 0.5) is 0 Å². The highest BCUT2D eigenvalue weighted by molar-refractivity contribution is 5.43. The lowest BCUT2D eigenvalue weighted by Gasteiger charge is -2.28. The molecular formula is C23H39NO4. The van der Waals surface area contributed by atoms with Gasteiger partial charge in [0.15, 0.2) is 0 Å². The summed E-state index contributed by atoms with van der Waals surface area (Å²) in [5.74, 6) is 0.915. The molecule has 0 radical (unpaired) electrons. The van der Waals surface area contributed by atoms with Crippen LogP contribution in [0.2, 0.25) is 0 Å². The molecule has 0 amide bonds. The summed E-state index contributed by atoms with van der Waals surface area (Å²) < 4.78 is 17.0. The van der Waals surface area contributed by atoms with E-state index in [-0.39, 0.29) is 10.8 Å². The Balaban J connectivity index is 1.80. The molecular weight excluding hydrogens is 354 g/mol. The normalized spacial score (nSPS) is 17.5. The van der Waals surface area contributed by atoms with Gasteiger partial charge < -0.3 is 19.3 Å². The van der Waals surface area contributed by atoms with Gasteiger partial charge in [0.25, 0.3) is 0 Å². The summed E-state index contributed by atoms with van der Waals surface area (Å²) in [5.41, 5.74) is 2.64. The van der Waals surface area contributed by atoms with Crippen molar-refractivity contribution in [3.8, 4) is 5.75 Å². The second-order valence-corrected chi connectivity index (χ2v) is 9.70. The number of hydrogen-bond acceptors (Lipinski definition) is 5. The minimum Gasteiger partial charge on any atom is -0.491 e. The standard InChI is InChI=1S/C23H39NO4/c1-22(2,3)18-7-8-21(20(15-18)23(4,5)6)28-14-13-27-17-19(25)16-24-9-11-26-12-10-24/h7-8,15,19,25H,9-14,16-17H2,1-6H3/t19-/m0/s1. The lowest BCUT2D eigenvalue weighted by molar-refractivity contribution is -0.0179. The van der Waals surface area contributed by atoms with Gasteiger partial charge in [0.05, 0.1) is 32.5 Å². The van der Waals surface area contributed by atoms with Crippen LogP contribution in [0, 0.1) is 0 Å². The van der Waals surface area contributed by atoms with Crippen molar-refractivity contribution >= 4 is 0 Å².